The normalized spacial score (nSPS) is 22.9. The maximum absolute atomic E-state index is 11.8. The largest absolute Gasteiger partial charge is 0.275 e. The van der Waals surface area contributed by atoms with Gasteiger partial charge in [0.05, 0.1) is 7.11 Å². The molecule has 1 aliphatic carbocycles. The lowest BCUT2D eigenvalue weighted by Crippen LogP contribution is -2.27. The van der Waals surface area contributed by atoms with Gasteiger partial charge in [-0.2, -0.15) is 0 Å². The minimum atomic E-state index is 0.0625. The summed E-state index contributed by atoms with van der Waals surface area (Å²) in [6, 6.07) is 8.13. The second-order valence-electron chi connectivity index (χ2n) is 4.02. The number of benzene rings is 1. The van der Waals surface area contributed by atoms with Crippen LogP contribution in [0.2, 0.25) is 0 Å². The molecule has 2 atom stereocenters. The van der Waals surface area contributed by atoms with Crippen LogP contribution >= 0.6 is 15.9 Å². The van der Waals surface area contributed by atoms with E-state index in [1.54, 1.807) is 7.05 Å². The fraction of sp³-hybridized carbons (Fsp3) is 0.417. The van der Waals surface area contributed by atoms with E-state index in [-0.39, 0.29) is 11.8 Å². The van der Waals surface area contributed by atoms with Crippen LogP contribution in [0.1, 0.15) is 17.9 Å². The number of carbonyl (C=O) groups is 1. The topological polar surface area (TPSA) is 29.5 Å². The number of halogens is 1. The monoisotopic (exact) mass is 283 g/mol. The molecular weight excluding hydrogens is 270 g/mol. The fourth-order valence-corrected chi connectivity index (χ4v) is 2.31. The van der Waals surface area contributed by atoms with Crippen molar-refractivity contribution in [3.8, 4) is 0 Å². The highest BCUT2D eigenvalue weighted by Gasteiger charge is 2.45. The first-order valence-corrected chi connectivity index (χ1v) is 6.00. The molecule has 0 radical (unpaired) electrons. The van der Waals surface area contributed by atoms with Crippen molar-refractivity contribution in [2.45, 2.75) is 12.3 Å². The zero-order chi connectivity index (χ0) is 11.7. The lowest BCUT2D eigenvalue weighted by molar-refractivity contribution is -0.170. The predicted molar refractivity (Wildman–Crippen MR) is 64.8 cm³/mol. The third-order valence-corrected chi connectivity index (χ3v) is 3.46. The number of amides is 1. The van der Waals surface area contributed by atoms with E-state index in [0.717, 1.165) is 10.9 Å². The van der Waals surface area contributed by atoms with Gasteiger partial charge in [-0.25, -0.2) is 5.06 Å². The number of hydrogen-bond acceptors (Lipinski definition) is 2. The van der Waals surface area contributed by atoms with Crippen LogP contribution in [0, 0.1) is 5.92 Å². The zero-order valence-corrected chi connectivity index (χ0v) is 10.9. The highest BCUT2D eigenvalue weighted by atomic mass is 79.9. The molecule has 0 aliphatic heterocycles. The van der Waals surface area contributed by atoms with Gasteiger partial charge in [-0.1, -0.05) is 28.1 Å². The van der Waals surface area contributed by atoms with Gasteiger partial charge in [-0.15, -0.1) is 0 Å². The van der Waals surface area contributed by atoms with E-state index in [0.29, 0.717) is 5.92 Å². The second-order valence-corrected chi connectivity index (χ2v) is 4.94. The van der Waals surface area contributed by atoms with Gasteiger partial charge in [0.15, 0.2) is 0 Å². The van der Waals surface area contributed by atoms with Crippen LogP contribution in [0.4, 0.5) is 0 Å². The number of hydrogen-bond donors (Lipinski definition) is 0. The van der Waals surface area contributed by atoms with Gasteiger partial charge in [0.25, 0.3) is 0 Å². The van der Waals surface area contributed by atoms with E-state index in [2.05, 4.69) is 28.1 Å². The van der Waals surface area contributed by atoms with Crippen LogP contribution in [0.15, 0.2) is 28.7 Å². The molecule has 1 saturated carbocycles. The molecule has 0 N–H and O–H groups in total. The van der Waals surface area contributed by atoms with Crippen molar-refractivity contribution in [3.63, 3.8) is 0 Å². The molecule has 1 aromatic carbocycles. The van der Waals surface area contributed by atoms with Gasteiger partial charge >= 0.3 is 0 Å². The molecule has 0 spiro atoms. The highest BCUT2D eigenvalue weighted by Crippen LogP contribution is 2.48. The lowest BCUT2D eigenvalue weighted by atomic mass is 10.1. The Labute approximate surface area is 103 Å². The SMILES string of the molecule is CON(C)C(=O)[C@@H]1C[C@@H]1c1cccc(Br)c1. The molecule has 0 saturated heterocycles. The summed E-state index contributed by atoms with van der Waals surface area (Å²) in [5.74, 6) is 0.495. The molecular formula is C12H14BrNO2. The average molecular weight is 284 g/mol. The molecule has 1 aromatic rings. The number of nitrogens with zero attached hydrogens (tertiary/aromatic N) is 1. The molecule has 86 valence electrons. The summed E-state index contributed by atoms with van der Waals surface area (Å²) in [5.41, 5.74) is 1.22. The molecule has 0 aromatic heterocycles. The summed E-state index contributed by atoms with van der Waals surface area (Å²) in [7, 11) is 3.16. The Morgan fingerprint density at radius 1 is 1.56 bits per heavy atom. The van der Waals surface area contributed by atoms with Crippen LogP contribution in [0.25, 0.3) is 0 Å². The molecule has 16 heavy (non-hydrogen) atoms. The van der Waals surface area contributed by atoms with Gasteiger partial charge in [0.1, 0.15) is 0 Å². The Kier molecular flexibility index (Phi) is 3.30. The summed E-state index contributed by atoms with van der Waals surface area (Å²) >= 11 is 3.44. The van der Waals surface area contributed by atoms with Crippen molar-refractivity contribution in [1.29, 1.82) is 0 Å². The third kappa shape index (κ3) is 2.28. The summed E-state index contributed by atoms with van der Waals surface area (Å²) in [5, 5.41) is 1.31. The molecule has 0 bridgehead atoms. The van der Waals surface area contributed by atoms with Crippen molar-refractivity contribution < 1.29 is 9.63 Å². The first kappa shape index (κ1) is 11.6. The Bertz CT molecular complexity index is 408. The molecule has 2 rings (SSSR count). The quantitative estimate of drug-likeness (QED) is 0.798. The first-order chi connectivity index (χ1) is 7.63. The van der Waals surface area contributed by atoms with Crippen LogP contribution in [-0.2, 0) is 9.63 Å². The van der Waals surface area contributed by atoms with E-state index in [1.807, 2.05) is 12.1 Å². The molecule has 1 fully saturated rings. The van der Waals surface area contributed by atoms with Crippen molar-refractivity contribution in [3.05, 3.63) is 34.3 Å². The zero-order valence-electron chi connectivity index (χ0n) is 9.31. The Morgan fingerprint density at radius 3 is 2.94 bits per heavy atom. The smallest absolute Gasteiger partial charge is 0.249 e. The van der Waals surface area contributed by atoms with E-state index in [9.17, 15) is 4.79 Å². The highest BCUT2D eigenvalue weighted by molar-refractivity contribution is 9.10. The maximum atomic E-state index is 11.8. The molecule has 4 heteroatoms. The standard InChI is InChI=1S/C12H14BrNO2/c1-14(16-2)12(15)11-7-10(11)8-4-3-5-9(13)6-8/h3-6,10-11H,7H2,1-2H3/t10-,11-/m1/s1. The fourth-order valence-electron chi connectivity index (χ4n) is 1.90. The lowest BCUT2D eigenvalue weighted by Gasteiger charge is -2.13. The van der Waals surface area contributed by atoms with Crippen molar-refractivity contribution in [2.75, 3.05) is 14.2 Å². The van der Waals surface area contributed by atoms with E-state index in [4.69, 9.17) is 4.84 Å². The number of rotatable bonds is 3. The maximum Gasteiger partial charge on any atom is 0.249 e. The van der Waals surface area contributed by atoms with Crippen molar-refractivity contribution in [1.82, 2.24) is 5.06 Å². The molecule has 3 nitrogen and oxygen atoms in total. The summed E-state index contributed by atoms with van der Waals surface area (Å²) < 4.78 is 1.06. The van der Waals surface area contributed by atoms with E-state index < -0.39 is 0 Å². The predicted octanol–water partition coefficient (Wildman–Crippen LogP) is 2.57. The molecule has 1 aliphatic rings. The minimum Gasteiger partial charge on any atom is -0.275 e. The Balaban J connectivity index is 2.04. The Morgan fingerprint density at radius 2 is 2.31 bits per heavy atom. The summed E-state index contributed by atoms with van der Waals surface area (Å²) in [6.45, 7) is 0. The van der Waals surface area contributed by atoms with Gasteiger partial charge < -0.3 is 0 Å². The summed E-state index contributed by atoms with van der Waals surface area (Å²) in [4.78, 5) is 16.7. The van der Waals surface area contributed by atoms with E-state index >= 15 is 0 Å². The molecule has 0 heterocycles. The van der Waals surface area contributed by atoms with Gasteiger partial charge in [0.2, 0.25) is 5.91 Å². The molecule has 1 amide bonds. The van der Waals surface area contributed by atoms with E-state index in [1.165, 1.54) is 17.7 Å². The number of carbonyl (C=O) groups excluding carboxylic acids is 1. The van der Waals surface area contributed by atoms with Gasteiger partial charge in [-0.3, -0.25) is 9.63 Å². The van der Waals surface area contributed by atoms with Crippen LogP contribution in [0.5, 0.6) is 0 Å². The van der Waals surface area contributed by atoms with Crippen LogP contribution < -0.4 is 0 Å². The van der Waals surface area contributed by atoms with Gasteiger partial charge in [-0.05, 0) is 30.0 Å². The second kappa shape index (κ2) is 4.55. The third-order valence-electron chi connectivity index (χ3n) is 2.97. The van der Waals surface area contributed by atoms with Crippen LogP contribution in [0.3, 0.4) is 0 Å². The Hall–Kier alpha value is -0.870. The molecule has 0 unspecified atom stereocenters. The van der Waals surface area contributed by atoms with Gasteiger partial charge in [0, 0.05) is 17.4 Å². The van der Waals surface area contributed by atoms with Crippen molar-refractivity contribution >= 4 is 21.8 Å². The van der Waals surface area contributed by atoms with Crippen LogP contribution in [-0.4, -0.2) is 25.1 Å². The minimum absolute atomic E-state index is 0.0625. The summed E-state index contributed by atoms with van der Waals surface area (Å²) in [6.07, 6.45) is 0.920. The first-order valence-electron chi connectivity index (χ1n) is 5.20. The average Bonchev–Trinajstić information content (AvgIpc) is 3.07. The number of hydroxylamine groups is 2. The van der Waals surface area contributed by atoms with Crippen molar-refractivity contribution in [2.24, 2.45) is 5.92 Å².